The second-order valence-electron chi connectivity index (χ2n) is 5.66. The van der Waals surface area contributed by atoms with E-state index in [0.29, 0.717) is 25.0 Å². The fraction of sp³-hybridized carbons (Fsp3) is 1.00. The normalized spacial score (nSPS) is 31.9. The van der Waals surface area contributed by atoms with E-state index in [0.717, 1.165) is 38.5 Å². The Kier molecular flexibility index (Phi) is 4.67. The molecule has 0 radical (unpaired) electrons. The highest BCUT2D eigenvalue weighted by Crippen LogP contribution is 2.30. The average molecular weight is 274 g/mol. The highest BCUT2D eigenvalue weighted by Gasteiger charge is 2.38. The molecule has 2 aliphatic rings. The van der Waals surface area contributed by atoms with E-state index in [1.807, 2.05) is 7.05 Å². The summed E-state index contributed by atoms with van der Waals surface area (Å²) < 4.78 is 26.9. The van der Waals surface area contributed by atoms with E-state index in [-0.39, 0.29) is 5.25 Å². The van der Waals surface area contributed by atoms with Gasteiger partial charge in [0.05, 0.1) is 5.25 Å². The molecule has 1 saturated carbocycles. The van der Waals surface area contributed by atoms with Gasteiger partial charge in [-0.25, -0.2) is 12.7 Å². The smallest absolute Gasteiger partial charge is 0.216 e. The van der Waals surface area contributed by atoms with E-state index in [1.165, 1.54) is 0 Å². The third-order valence-electron chi connectivity index (χ3n) is 4.68. The molecule has 0 amide bonds. The minimum absolute atomic E-state index is 0.0962. The molecule has 2 atom stereocenters. The van der Waals surface area contributed by atoms with Gasteiger partial charge >= 0.3 is 0 Å². The van der Waals surface area contributed by atoms with Crippen molar-refractivity contribution in [3.05, 3.63) is 0 Å². The molecule has 18 heavy (non-hydrogen) atoms. The number of hydrogen-bond acceptors (Lipinski definition) is 3. The maximum absolute atomic E-state index is 12.5. The first-order chi connectivity index (χ1) is 8.59. The molecule has 2 rings (SSSR count). The van der Waals surface area contributed by atoms with Gasteiger partial charge in [0.2, 0.25) is 10.0 Å². The maximum atomic E-state index is 12.5. The molecule has 1 saturated heterocycles. The lowest BCUT2D eigenvalue weighted by molar-refractivity contribution is 0.208. The average Bonchev–Trinajstić information content (AvgIpc) is 2.92. The summed E-state index contributed by atoms with van der Waals surface area (Å²) in [5.74, 6) is 0.458. The molecule has 0 aromatic carbocycles. The quantitative estimate of drug-likeness (QED) is 0.847. The Morgan fingerprint density at radius 3 is 2.44 bits per heavy atom. The standard InChI is InChI=1S/C13H26N2O2S/c1-3-11-10-15(9-8-13(11)14-2)18(16,17)12-6-4-5-7-12/h11-14H,3-10H2,1-2H3. The fourth-order valence-corrected chi connectivity index (χ4v) is 5.53. The van der Waals surface area contributed by atoms with Gasteiger partial charge in [0.15, 0.2) is 0 Å². The molecule has 5 heteroatoms. The van der Waals surface area contributed by atoms with Crippen LogP contribution in [-0.4, -0.2) is 44.2 Å². The minimum Gasteiger partial charge on any atom is -0.317 e. The topological polar surface area (TPSA) is 49.4 Å². The van der Waals surface area contributed by atoms with Crippen LogP contribution < -0.4 is 5.32 Å². The maximum Gasteiger partial charge on any atom is 0.216 e. The number of hydrogen-bond donors (Lipinski definition) is 1. The SMILES string of the molecule is CCC1CN(S(=O)(=O)C2CCCC2)CCC1NC. The Bertz CT molecular complexity index is 363. The van der Waals surface area contributed by atoms with Crippen molar-refractivity contribution in [2.45, 2.75) is 56.7 Å². The summed E-state index contributed by atoms with van der Waals surface area (Å²) in [7, 11) is -1.05. The van der Waals surface area contributed by atoms with Gasteiger partial charge in [-0.3, -0.25) is 0 Å². The highest BCUT2D eigenvalue weighted by atomic mass is 32.2. The first-order valence-corrected chi connectivity index (χ1v) is 8.76. The first kappa shape index (κ1) is 14.3. The van der Waals surface area contributed by atoms with Crippen molar-refractivity contribution in [2.24, 2.45) is 5.92 Å². The molecule has 2 unspecified atom stereocenters. The van der Waals surface area contributed by atoms with Crippen LogP contribution in [0.2, 0.25) is 0 Å². The third kappa shape index (κ3) is 2.73. The van der Waals surface area contributed by atoms with Crippen LogP contribution in [0.1, 0.15) is 45.4 Å². The lowest BCUT2D eigenvalue weighted by Crippen LogP contribution is -2.51. The lowest BCUT2D eigenvalue weighted by Gasteiger charge is -2.38. The molecule has 0 aromatic rings. The molecule has 1 N–H and O–H groups in total. The van der Waals surface area contributed by atoms with Crippen molar-refractivity contribution in [1.82, 2.24) is 9.62 Å². The van der Waals surface area contributed by atoms with Crippen LogP contribution in [-0.2, 0) is 10.0 Å². The van der Waals surface area contributed by atoms with Crippen molar-refractivity contribution < 1.29 is 8.42 Å². The highest BCUT2D eigenvalue weighted by molar-refractivity contribution is 7.89. The Morgan fingerprint density at radius 1 is 1.22 bits per heavy atom. The van der Waals surface area contributed by atoms with Gasteiger partial charge in [0.1, 0.15) is 0 Å². The molecule has 2 fully saturated rings. The van der Waals surface area contributed by atoms with Gasteiger partial charge in [0, 0.05) is 19.1 Å². The van der Waals surface area contributed by atoms with E-state index >= 15 is 0 Å². The fourth-order valence-electron chi connectivity index (χ4n) is 3.42. The monoisotopic (exact) mass is 274 g/mol. The molecule has 1 heterocycles. The molecule has 1 aliphatic carbocycles. The predicted molar refractivity (Wildman–Crippen MR) is 74.0 cm³/mol. The largest absolute Gasteiger partial charge is 0.317 e. The predicted octanol–water partition coefficient (Wildman–Crippen LogP) is 1.58. The van der Waals surface area contributed by atoms with Gasteiger partial charge in [-0.05, 0) is 32.2 Å². The Hall–Kier alpha value is -0.130. The lowest BCUT2D eigenvalue weighted by atomic mass is 9.91. The van der Waals surface area contributed by atoms with Crippen LogP contribution in [0.15, 0.2) is 0 Å². The summed E-state index contributed by atoms with van der Waals surface area (Å²) in [5.41, 5.74) is 0. The molecule has 0 bridgehead atoms. The zero-order chi connectivity index (χ0) is 13.2. The van der Waals surface area contributed by atoms with Crippen LogP contribution >= 0.6 is 0 Å². The molecule has 4 nitrogen and oxygen atoms in total. The zero-order valence-electron chi connectivity index (χ0n) is 11.6. The summed E-state index contributed by atoms with van der Waals surface area (Å²) in [4.78, 5) is 0. The Balaban J connectivity index is 2.05. The molecule has 106 valence electrons. The summed E-state index contributed by atoms with van der Waals surface area (Å²) >= 11 is 0. The number of nitrogens with zero attached hydrogens (tertiary/aromatic N) is 1. The first-order valence-electron chi connectivity index (χ1n) is 7.25. The van der Waals surface area contributed by atoms with E-state index < -0.39 is 10.0 Å². The second-order valence-corrected chi connectivity index (χ2v) is 7.87. The summed E-state index contributed by atoms with van der Waals surface area (Å²) in [6.07, 6.45) is 5.88. The van der Waals surface area contributed by atoms with Gasteiger partial charge in [-0.1, -0.05) is 26.2 Å². The van der Waals surface area contributed by atoms with Crippen LogP contribution in [0.25, 0.3) is 0 Å². The van der Waals surface area contributed by atoms with E-state index in [9.17, 15) is 8.42 Å². The number of piperidine rings is 1. The zero-order valence-corrected chi connectivity index (χ0v) is 12.4. The summed E-state index contributed by atoms with van der Waals surface area (Å²) in [6.45, 7) is 3.56. The van der Waals surface area contributed by atoms with E-state index in [4.69, 9.17) is 0 Å². The van der Waals surface area contributed by atoms with Gasteiger partial charge < -0.3 is 5.32 Å². The van der Waals surface area contributed by atoms with Gasteiger partial charge in [-0.15, -0.1) is 0 Å². The van der Waals surface area contributed by atoms with Crippen molar-refractivity contribution >= 4 is 10.0 Å². The number of rotatable bonds is 4. The van der Waals surface area contributed by atoms with E-state index in [2.05, 4.69) is 12.2 Å². The van der Waals surface area contributed by atoms with E-state index in [1.54, 1.807) is 4.31 Å². The molecule has 0 spiro atoms. The third-order valence-corrected chi connectivity index (χ3v) is 7.04. The second kappa shape index (κ2) is 5.88. The van der Waals surface area contributed by atoms with Crippen LogP contribution in [0, 0.1) is 5.92 Å². The van der Waals surface area contributed by atoms with Crippen molar-refractivity contribution in [3.8, 4) is 0 Å². The van der Waals surface area contributed by atoms with Crippen LogP contribution in [0.4, 0.5) is 0 Å². The van der Waals surface area contributed by atoms with Crippen LogP contribution in [0.5, 0.6) is 0 Å². The van der Waals surface area contributed by atoms with Crippen molar-refractivity contribution in [3.63, 3.8) is 0 Å². The Morgan fingerprint density at radius 2 is 1.89 bits per heavy atom. The summed E-state index contributed by atoms with van der Waals surface area (Å²) in [5, 5.41) is 3.23. The van der Waals surface area contributed by atoms with Crippen molar-refractivity contribution in [2.75, 3.05) is 20.1 Å². The number of nitrogens with one attached hydrogen (secondary N) is 1. The number of sulfonamides is 1. The summed E-state index contributed by atoms with van der Waals surface area (Å²) in [6, 6.07) is 0.477. The Labute approximate surface area is 111 Å². The molecular weight excluding hydrogens is 248 g/mol. The molecular formula is C13H26N2O2S. The molecule has 0 aromatic heterocycles. The van der Waals surface area contributed by atoms with Crippen LogP contribution in [0.3, 0.4) is 0 Å². The molecule has 1 aliphatic heterocycles. The minimum atomic E-state index is -3.03. The van der Waals surface area contributed by atoms with Gasteiger partial charge in [0.25, 0.3) is 0 Å². The van der Waals surface area contributed by atoms with Gasteiger partial charge in [-0.2, -0.15) is 0 Å². The van der Waals surface area contributed by atoms with Crippen molar-refractivity contribution in [1.29, 1.82) is 0 Å².